The summed E-state index contributed by atoms with van der Waals surface area (Å²) >= 11 is 1.32. The molecule has 0 fully saturated rings. The Hall–Kier alpha value is -2.81. The number of Topliss-reactive ketones (excluding diaryl/α,β-unsaturated/α-hetero) is 1. The normalized spacial score (nSPS) is 10.9. The highest BCUT2D eigenvalue weighted by molar-refractivity contribution is 7.16. The topological polar surface area (TPSA) is 106 Å². The summed E-state index contributed by atoms with van der Waals surface area (Å²) in [6.45, 7) is 3.21. The molecule has 8 nitrogen and oxygen atoms in total. The Morgan fingerprint density at radius 3 is 2.83 bits per heavy atom. The molecule has 0 aliphatic carbocycles. The van der Waals surface area contributed by atoms with E-state index >= 15 is 0 Å². The van der Waals surface area contributed by atoms with Crippen LogP contribution >= 0.6 is 11.3 Å². The third-order valence-electron chi connectivity index (χ3n) is 3.30. The van der Waals surface area contributed by atoms with Gasteiger partial charge in [-0.1, -0.05) is 18.3 Å². The number of aromatic nitrogens is 4. The van der Waals surface area contributed by atoms with Crippen LogP contribution in [0.4, 0.5) is 0 Å². The van der Waals surface area contributed by atoms with Gasteiger partial charge < -0.3 is 9.72 Å². The fourth-order valence-electron chi connectivity index (χ4n) is 2.05. The van der Waals surface area contributed by atoms with E-state index in [0.717, 1.165) is 5.01 Å². The van der Waals surface area contributed by atoms with E-state index < -0.39 is 5.97 Å². The van der Waals surface area contributed by atoms with Gasteiger partial charge in [0.05, 0.1) is 5.69 Å². The number of esters is 1. The first-order chi connectivity index (χ1) is 11.5. The largest absolute Gasteiger partial charge is 0.455 e. The Labute approximate surface area is 140 Å². The zero-order chi connectivity index (χ0) is 17.3. The zero-order valence-corrected chi connectivity index (χ0v) is 13.8. The fraction of sp³-hybridized carbons (Fsp3) is 0.267. The average Bonchev–Trinajstić information content (AvgIpc) is 3.19. The summed E-state index contributed by atoms with van der Waals surface area (Å²) in [6.07, 6.45) is 2.16. The van der Waals surface area contributed by atoms with Crippen molar-refractivity contribution < 1.29 is 14.3 Å². The lowest BCUT2D eigenvalue weighted by molar-refractivity contribution is 0.0461. The monoisotopic (exact) mass is 346 g/mol. The van der Waals surface area contributed by atoms with E-state index in [1.54, 1.807) is 0 Å². The van der Waals surface area contributed by atoms with Crippen molar-refractivity contribution in [2.45, 2.75) is 26.9 Å². The quantitative estimate of drug-likeness (QED) is 0.555. The van der Waals surface area contributed by atoms with Crippen LogP contribution in [0.2, 0.25) is 0 Å². The first-order valence-electron chi connectivity index (χ1n) is 7.23. The molecule has 24 heavy (non-hydrogen) atoms. The molecule has 0 radical (unpaired) electrons. The number of fused-ring (bicyclic) bond motifs is 1. The minimum absolute atomic E-state index is 0.141. The molecule has 0 unspecified atom stereocenters. The van der Waals surface area contributed by atoms with Gasteiger partial charge >= 0.3 is 5.97 Å². The lowest BCUT2D eigenvalue weighted by Gasteiger charge is -2.02. The second-order valence-corrected chi connectivity index (χ2v) is 6.10. The molecule has 0 aliphatic heterocycles. The number of rotatable bonds is 5. The number of aryl methyl sites for hydroxylation is 1. The van der Waals surface area contributed by atoms with Crippen molar-refractivity contribution in [1.29, 1.82) is 0 Å². The Balaban J connectivity index is 1.76. The minimum atomic E-state index is -0.622. The zero-order valence-electron chi connectivity index (χ0n) is 13.0. The number of ether oxygens (including phenoxy) is 1. The molecule has 0 saturated carbocycles. The van der Waals surface area contributed by atoms with Crippen LogP contribution in [0.5, 0.6) is 0 Å². The van der Waals surface area contributed by atoms with Gasteiger partial charge in [0.1, 0.15) is 17.3 Å². The molecular formula is C15H14N4O4S. The maximum atomic E-state index is 12.0. The summed E-state index contributed by atoms with van der Waals surface area (Å²) in [4.78, 5) is 42.6. The molecule has 3 heterocycles. The van der Waals surface area contributed by atoms with Crippen molar-refractivity contribution in [3.05, 3.63) is 50.6 Å². The molecule has 0 atom stereocenters. The number of aromatic amines is 1. The predicted molar refractivity (Wildman–Crippen MR) is 86.4 cm³/mol. The highest BCUT2D eigenvalue weighted by atomic mass is 32.1. The van der Waals surface area contributed by atoms with E-state index in [2.05, 4.69) is 15.1 Å². The Morgan fingerprint density at radius 1 is 1.38 bits per heavy atom. The molecule has 3 aromatic rings. The van der Waals surface area contributed by atoms with E-state index in [1.165, 1.54) is 41.1 Å². The van der Waals surface area contributed by atoms with Gasteiger partial charge in [-0.15, -0.1) is 0 Å². The summed E-state index contributed by atoms with van der Waals surface area (Å²) in [5, 5.41) is 4.95. The second-order valence-electron chi connectivity index (χ2n) is 5.06. The first-order valence-corrected chi connectivity index (χ1v) is 8.04. The minimum Gasteiger partial charge on any atom is -0.455 e. The van der Waals surface area contributed by atoms with Crippen LogP contribution in [0.15, 0.2) is 23.1 Å². The van der Waals surface area contributed by atoms with Gasteiger partial charge in [0.25, 0.3) is 5.56 Å². The SMILES string of the molecule is CCc1nn2c(=O)cc(COC(=O)c3cc(C(C)=O)c[nH]3)nc2s1. The number of carbonyl (C=O) groups is 2. The van der Waals surface area contributed by atoms with Crippen LogP contribution in [0.3, 0.4) is 0 Å². The molecule has 0 bridgehead atoms. The smallest absolute Gasteiger partial charge is 0.355 e. The van der Waals surface area contributed by atoms with Gasteiger partial charge in [0, 0.05) is 17.8 Å². The maximum Gasteiger partial charge on any atom is 0.355 e. The van der Waals surface area contributed by atoms with Gasteiger partial charge in [-0.05, 0) is 19.4 Å². The summed E-state index contributed by atoms with van der Waals surface area (Å²) in [5.74, 6) is -0.773. The molecule has 3 rings (SSSR count). The van der Waals surface area contributed by atoms with Gasteiger partial charge in [-0.2, -0.15) is 9.61 Å². The van der Waals surface area contributed by atoms with Crippen LogP contribution in [0, 0.1) is 0 Å². The van der Waals surface area contributed by atoms with E-state index in [9.17, 15) is 14.4 Å². The molecule has 124 valence electrons. The van der Waals surface area contributed by atoms with Crippen LogP contribution in [0.25, 0.3) is 4.96 Å². The van der Waals surface area contributed by atoms with E-state index in [1.807, 2.05) is 6.92 Å². The highest BCUT2D eigenvalue weighted by Crippen LogP contribution is 2.12. The van der Waals surface area contributed by atoms with Crippen molar-refractivity contribution in [3.63, 3.8) is 0 Å². The van der Waals surface area contributed by atoms with Crippen LogP contribution in [-0.4, -0.2) is 31.3 Å². The molecule has 0 spiro atoms. The van der Waals surface area contributed by atoms with Gasteiger partial charge in [0.15, 0.2) is 5.78 Å². The number of hydrogen-bond acceptors (Lipinski definition) is 7. The standard InChI is InChI=1S/C15H14N4O4S/c1-3-12-18-19-13(21)5-10(17-15(19)24-12)7-23-14(22)11-4-9(6-16-11)8(2)20/h4-6,16H,3,7H2,1-2H3. The van der Waals surface area contributed by atoms with E-state index in [4.69, 9.17) is 4.74 Å². The number of hydrogen-bond donors (Lipinski definition) is 1. The average molecular weight is 346 g/mol. The van der Waals surface area contributed by atoms with Crippen LogP contribution < -0.4 is 5.56 Å². The molecule has 9 heteroatoms. The molecule has 0 aromatic carbocycles. The lowest BCUT2D eigenvalue weighted by atomic mass is 10.2. The summed E-state index contributed by atoms with van der Waals surface area (Å²) in [6, 6.07) is 2.71. The third-order valence-corrected chi connectivity index (χ3v) is 4.36. The fourth-order valence-corrected chi connectivity index (χ4v) is 2.90. The Morgan fingerprint density at radius 2 is 2.17 bits per heavy atom. The lowest BCUT2D eigenvalue weighted by Crippen LogP contribution is -2.16. The summed E-state index contributed by atoms with van der Waals surface area (Å²) in [7, 11) is 0. The molecule has 0 aliphatic rings. The highest BCUT2D eigenvalue weighted by Gasteiger charge is 2.14. The molecular weight excluding hydrogens is 332 g/mol. The maximum absolute atomic E-state index is 12.0. The number of ketones is 1. The van der Waals surface area contributed by atoms with Crippen molar-refractivity contribution in [1.82, 2.24) is 19.6 Å². The number of carbonyl (C=O) groups excluding carboxylic acids is 2. The molecule has 0 saturated heterocycles. The number of H-pyrrole nitrogens is 1. The number of nitrogens with one attached hydrogen (secondary N) is 1. The van der Waals surface area contributed by atoms with Crippen molar-refractivity contribution in [3.8, 4) is 0 Å². The summed E-state index contributed by atoms with van der Waals surface area (Å²) in [5.41, 5.74) is 0.597. The molecule has 0 amide bonds. The van der Waals surface area contributed by atoms with Crippen LogP contribution in [0.1, 0.15) is 45.4 Å². The van der Waals surface area contributed by atoms with Gasteiger partial charge in [0.2, 0.25) is 4.96 Å². The van der Waals surface area contributed by atoms with Crippen molar-refractivity contribution >= 4 is 28.1 Å². The first kappa shape index (κ1) is 16.1. The third kappa shape index (κ3) is 3.11. The summed E-state index contributed by atoms with van der Waals surface area (Å²) < 4.78 is 6.37. The van der Waals surface area contributed by atoms with Gasteiger partial charge in [-0.25, -0.2) is 9.78 Å². The predicted octanol–water partition coefficient (Wildman–Crippen LogP) is 1.60. The Bertz CT molecular complexity index is 985. The molecule has 1 N–H and O–H groups in total. The second kappa shape index (κ2) is 6.36. The number of nitrogens with zero attached hydrogens (tertiary/aromatic N) is 3. The Kier molecular flexibility index (Phi) is 4.26. The van der Waals surface area contributed by atoms with Gasteiger partial charge in [-0.3, -0.25) is 9.59 Å². The van der Waals surface area contributed by atoms with E-state index in [0.29, 0.717) is 22.6 Å². The molecule has 3 aromatic heterocycles. The van der Waals surface area contributed by atoms with Crippen molar-refractivity contribution in [2.24, 2.45) is 0 Å². The van der Waals surface area contributed by atoms with E-state index in [-0.39, 0.29) is 23.6 Å². The van der Waals surface area contributed by atoms with Crippen molar-refractivity contribution in [2.75, 3.05) is 0 Å². The van der Waals surface area contributed by atoms with Crippen LogP contribution in [-0.2, 0) is 17.8 Å².